The molecule has 2 aromatic heterocycles. The van der Waals surface area contributed by atoms with Crippen LogP contribution in [-0.2, 0) is 17.9 Å². The summed E-state index contributed by atoms with van der Waals surface area (Å²) in [6.07, 6.45) is 1.36. The van der Waals surface area contributed by atoms with Gasteiger partial charge in [-0.2, -0.15) is 5.21 Å². The number of carbonyl (C=O) groups excluding carboxylic acids is 1. The molecule has 0 atom stereocenters. The van der Waals surface area contributed by atoms with E-state index in [4.69, 9.17) is 0 Å². The second-order valence-corrected chi connectivity index (χ2v) is 2.61. The predicted octanol–water partition coefficient (Wildman–Crippen LogP) is -2.50. The number of hydrogen-bond acceptors (Lipinski definition) is 7. The Labute approximate surface area is 83.1 Å². The lowest BCUT2D eigenvalue weighted by molar-refractivity contribution is -0.122. The zero-order valence-corrected chi connectivity index (χ0v) is 7.53. The fraction of sp³-hybridized carbons (Fsp3) is 0.400. The maximum atomic E-state index is 11.3. The van der Waals surface area contributed by atoms with Crippen molar-refractivity contribution in [2.45, 2.75) is 13.1 Å². The van der Waals surface area contributed by atoms with E-state index in [1.807, 2.05) is 0 Å². The average Bonchev–Trinajstić information content (AvgIpc) is 2.86. The molecule has 2 rings (SSSR count). The number of aromatic amines is 1. The van der Waals surface area contributed by atoms with E-state index in [0.717, 1.165) is 0 Å². The van der Waals surface area contributed by atoms with E-state index in [1.54, 1.807) is 0 Å². The zero-order chi connectivity index (χ0) is 10.5. The Bertz CT molecular complexity index is 406. The van der Waals surface area contributed by atoms with Crippen LogP contribution < -0.4 is 5.32 Å². The van der Waals surface area contributed by atoms with Gasteiger partial charge in [-0.25, -0.2) is 4.68 Å². The normalized spacial score (nSPS) is 10.1. The number of nitrogens with one attached hydrogen (secondary N) is 2. The van der Waals surface area contributed by atoms with Gasteiger partial charge in [0.2, 0.25) is 5.91 Å². The number of carbonyl (C=O) groups is 1. The highest BCUT2D eigenvalue weighted by Crippen LogP contribution is 1.83. The number of rotatable bonds is 4. The van der Waals surface area contributed by atoms with Gasteiger partial charge in [0.25, 0.3) is 0 Å². The fourth-order valence-electron chi connectivity index (χ4n) is 0.891. The van der Waals surface area contributed by atoms with Gasteiger partial charge in [0, 0.05) is 0 Å². The summed E-state index contributed by atoms with van der Waals surface area (Å²) in [4.78, 5) is 11.3. The fourth-order valence-corrected chi connectivity index (χ4v) is 0.891. The second kappa shape index (κ2) is 4.21. The van der Waals surface area contributed by atoms with Gasteiger partial charge in [0.05, 0.1) is 6.54 Å². The quantitative estimate of drug-likeness (QED) is 0.569. The molecule has 1 amide bonds. The third-order valence-electron chi connectivity index (χ3n) is 1.53. The van der Waals surface area contributed by atoms with E-state index in [9.17, 15) is 4.79 Å². The molecule has 78 valence electrons. The summed E-state index contributed by atoms with van der Waals surface area (Å²) >= 11 is 0. The van der Waals surface area contributed by atoms with Gasteiger partial charge >= 0.3 is 0 Å². The topological polar surface area (TPSA) is 127 Å². The largest absolute Gasteiger partial charge is 0.347 e. The van der Waals surface area contributed by atoms with Crippen LogP contribution in [0, 0.1) is 0 Å². The average molecular weight is 209 g/mol. The summed E-state index contributed by atoms with van der Waals surface area (Å²) in [6, 6.07) is 0. The molecule has 2 N–H and O–H groups in total. The summed E-state index contributed by atoms with van der Waals surface area (Å²) in [7, 11) is 0. The molecule has 0 bridgehead atoms. The molecule has 0 saturated carbocycles. The van der Waals surface area contributed by atoms with Crippen molar-refractivity contribution in [3.8, 4) is 0 Å². The molecular weight excluding hydrogens is 202 g/mol. The van der Waals surface area contributed by atoms with E-state index in [-0.39, 0.29) is 19.0 Å². The maximum absolute atomic E-state index is 11.3. The summed E-state index contributed by atoms with van der Waals surface area (Å²) < 4.78 is 1.31. The molecule has 0 aromatic carbocycles. The maximum Gasteiger partial charge on any atom is 0.242 e. The second-order valence-electron chi connectivity index (χ2n) is 2.61. The third-order valence-corrected chi connectivity index (χ3v) is 1.53. The molecule has 2 aromatic rings. The molecule has 2 heterocycles. The van der Waals surface area contributed by atoms with Crippen LogP contribution in [0.3, 0.4) is 0 Å². The molecule has 0 radical (unpaired) electrons. The Balaban J connectivity index is 1.78. The van der Waals surface area contributed by atoms with Crippen molar-refractivity contribution in [3.05, 3.63) is 12.2 Å². The SMILES string of the molecule is O=C(Cn1cnnn1)NCc1nn[nH]n1. The van der Waals surface area contributed by atoms with Gasteiger partial charge in [-0.3, -0.25) is 4.79 Å². The van der Waals surface area contributed by atoms with Crippen molar-refractivity contribution in [1.29, 1.82) is 0 Å². The Morgan fingerprint density at radius 2 is 2.53 bits per heavy atom. The highest BCUT2D eigenvalue weighted by molar-refractivity contribution is 5.75. The van der Waals surface area contributed by atoms with Crippen molar-refractivity contribution in [1.82, 2.24) is 46.1 Å². The molecular formula is C5H7N9O. The molecule has 15 heavy (non-hydrogen) atoms. The first-order valence-corrected chi connectivity index (χ1v) is 4.04. The van der Waals surface area contributed by atoms with Crippen LogP contribution in [0.5, 0.6) is 0 Å². The van der Waals surface area contributed by atoms with Gasteiger partial charge in [-0.1, -0.05) is 5.21 Å². The number of aromatic nitrogens is 8. The third kappa shape index (κ3) is 2.52. The molecule has 0 saturated heterocycles. The van der Waals surface area contributed by atoms with Crippen LogP contribution in [0.1, 0.15) is 5.82 Å². The minimum absolute atomic E-state index is 0.0604. The Morgan fingerprint density at radius 3 is 3.20 bits per heavy atom. The van der Waals surface area contributed by atoms with Crippen LogP contribution in [0.25, 0.3) is 0 Å². The van der Waals surface area contributed by atoms with Gasteiger partial charge in [0.1, 0.15) is 12.9 Å². The van der Waals surface area contributed by atoms with E-state index in [2.05, 4.69) is 41.5 Å². The van der Waals surface area contributed by atoms with Crippen LogP contribution >= 0.6 is 0 Å². The monoisotopic (exact) mass is 209 g/mol. The summed E-state index contributed by atoms with van der Waals surface area (Å²) in [6.45, 7) is 0.280. The van der Waals surface area contributed by atoms with Crippen molar-refractivity contribution in [2.75, 3.05) is 0 Å². The number of amides is 1. The van der Waals surface area contributed by atoms with Gasteiger partial charge in [-0.15, -0.1) is 15.3 Å². The first-order valence-electron chi connectivity index (χ1n) is 4.04. The first kappa shape index (κ1) is 9.18. The van der Waals surface area contributed by atoms with Crippen LogP contribution in [0.15, 0.2) is 6.33 Å². The smallest absolute Gasteiger partial charge is 0.242 e. The molecule has 0 unspecified atom stereocenters. The number of tetrazole rings is 2. The molecule has 10 heteroatoms. The van der Waals surface area contributed by atoms with E-state index in [0.29, 0.717) is 5.82 Å². The van der Waals surface area contributed by atoms with E-state index in [1.165, 1.54) is 11.0 Å². The van der Waals surface area contributed by atoms with Crippen LogP contribution in [-0.4, -0.2) is 46.7 Å². The molecule has 0 aliphatic carbocycles. The molecule has 0 fully saturated rings. The van der Waals surface area contributed by atoms with Crippen molar-refractivity contribution >= 4 is 5.91 Å². The van der Waals surface area contributed by atoms with Crippen LogP contribution in [0.2, 0.25) is 0 Å². The standard InChI is InChI=1S/C5H7N9O/c15-5(2-14-3-7-10-13-14)6-1-4-8-11-12-9-4/h3H,1-2H2,(H,6,15)(H,8,9,11,12). The minimum atomic E-state index is -0.230. The Hall–Kier alpha value is -2.39. The summed E-state index contributed by atoms with van der Waals surface area (Å²) in [5, 5.41) is 25.9. The molecule has 10 nitrogen and oxygen atoms in total. The van der Waals surface area contributed by atoms with E-state index < -0.39 is 0 Å². The van der Waals surface area contributed by atoms with Gasteiger partial charge in [0.15, 0.2) is 5.82 Å². The lowest BCUT2D eigenvalue weighted by atomic mass is 10.5. The van der Waals surface area contributed by atoms with Crippen molar-refractivity contribution in [2.24, 2.45) is 0 Å². The lowest BCUT2D eigenvalue weighted by Gasteiger charge is -2.00. The summed E-state index contributed by atoms with van der Waals surface area (Å²) in [5.74, 6) is 0.187. The van der Waals surface area contributed by atoms with Gasteiger partial charge < -0.3 is 5.32 Å². The van der Waals surface area contributed by atoms with E-state index >= 15 is 0 Å². The summed E-state index contributed by atoms with van der Waals surface area (Å²) in [5.41, 5.74) is 0. The van der Waals surface area contributed by atoms with Gasteiger partial charge in [-0.05, 0) is 10.4 Å². The van der Waals surface area contributed by atoms with Crippen molar-refractivity contribution in [3.63, 3.8) is 0 Å². The highest BCUT2D eigenvalue weighted by atomic mass is 16.2. The molecule has 0 aliphatic rings. The van der Waals surface area contributed by atoms with Crippen LogP contribution in [0.4, 0.5) is 0 Å². The highest BCUT2D eigenvalue weighted by Gasteiger charge is 2.05. The Morgan fingerprint density at radius 1 is 1.60 bits per heavy atom. The number of hydrogen-bond donors (Lipinski definition) is 2. The predicted molar refractivity (Wildman–Crippen MR) is 43.8 cm³/mol. The molecule has 0 aliphatic heterocycles. The first-order chi connectivity index (χ1) is 7.34. The number of H-pyrrole nitrogens is 1. The lowest BCUT2D eigenvalue weighted by Crippen LogP contribution is -2.27. The number of nitrogens with zero attached hydrogens (tertiary/aromatic N) is 7. The minimum Gasteiger partial charge on any atom is -0.347 e. The van der Waals surface area contributed by atoms with Crippen molar-refractivity contribution < 1.29 is 4.79 Å². The Kier molecular flexibility index (Phi) is 2.58. The zero-order valence-electron chi connectivity index (χ0n) is 7.53. The molecule has 0 spiro atoms.